The highest BCUT2D eigenvalue weighted by Gasteiger charge is 2.14. The first-order valence-corrected chi connectivity index (χ1v) is 4.77. The molecule has 2 nitrogen and oxygen atoms in total. The van der Waals surface area contributed by atoms with Crippen LogP contribution in [0.1, 0.15) is 25.7 Å². The molecule has 1 aromatic rings. The van der Waals surface area contributed by atoms with Crippen LogP contribution >= 0.6 is 0 Å². The van der Waals surface area contributed by atoms with Crippen molar-refractivity contribution in [2.75, 3.05) is 0 Å². The lowest BCUT2D eigenvalue weighted by Gasteiger charge is -1.96. The van der Waals surface area contributed by atoms with Crippen molar-refractivity contribution in [2.24, 2.45) is 10.2 Å². The highest BCUT2D eigenvalue weighted by atomic mass is 15.1. The lowest BCUT2D eigenvalue weighted by molar-refractivity contribution is 0.840. The molecule has 0 bridgehead atoms. The second-order valence-electron chi connectivity index (χ2n) is 3.31. The molecule has 0 unspecified atom stereocenters. The predicted molar refractivity (Wildman–Crippen MR) is 52.7 cm³/mol. The van der Waals surface area contributed by atoms with Crippen molar-refractivity contribution in [1.82, 2.24) is 0 Å². The summed E-state index contributed by atoms with van der Waals surface area (Å²) in [4.78, 5) is 0. The minimum absolute atomic E-state index is 0.946. The average molecular weight is 173 g/mol. The van der Waals surface area contributed by atoms with Gasteiger partial charge in [-0.05, 0) is 25.0 Å². The van der Waals surface area contributed by atoms with Gasteiger partial charge in [-0.3, -0.25) is 0 Å². The molecule has 1 aromatic carbocycles. The van der Waals surface area contributed by atoms with Crippen molar-refractivity contribution in [3.63, 3.8) is 0 Å². The number of benzene rings is 1. The van der Waals surface area contributed by atoms with Crippen LogP contribution in [0.4, 0.5) is 5.69 Å². The molecule has 0 aromatic heterocycles. The van der Waals surface area contributed by atoms with E-state index in [0.29, 0.717) is 0 Å². The van der Waals surface area contributed by atoms with Gasteiger partial charge in [0.1, 0.15) is 6.04 Å². The summed E-state index contributed by atoms with van der Waals surface area (Å²) in [5.74, 6) is 0. The van der Waals surface area contributed by atoms with Gasteiger partial charge in [0.15, 0.2) is 0 Å². The summed E-state index contributed by atoms with van der Waals surface area (Å²) in [6.45, 7) is 0. The second-order valence-corrected chi connectivity index (χ2v) is 3.31. The van der Waals surface area contributed by atoms with E-state index in [-0.39, 0.29) is 0 Å². The van der Waals surface area contributed by atoms with Gasteiger partial charge in [-0.1, -0.05) is 31.0 Å². The monoisotopic (exact) mass is 173 g/mol. The minimum Gasteiger partial charge on any atom is -0.179 e. The van der Waals surface area contributed by atoms with Crippen LogP contribution in [0.3, 0.4) is 0 Å². The molecule has 0 spiro atoms. The van der Waals surface area contributed by atoms with E-state index < -0.39 is 0 Å². The van der Waals surface area contributed by atoms with Crippen molar-refractivity contribution in [2.45, 2.75) is 25.7 Å². The smallest absolute Gasteiger partial charge is 0.109 e. The van der Waals surface area contributed by atoms with Crippen LogP contribution in [-0.2, 0) is 0 Å². The first-order chi connectivity index (χ1) is 6.45. The van der Waals surface area contributed by atoms with E-state index in [0.717, 1.165) is 18.5 Å². The van der Waals surface area contributed by atoms with Crippen LogP contribution in [0.2, 0.25) is 0 Å². The molecule has 2 rings (SSSR count). The molecular weight excluding hydrogens is 160 g/mol. The van der Waals surface area contributed by atoms with Gasteiger partial charge in [0, 0.05) is 0 Å². The van der Waals surface area contributed by atoms with Crippen LogP contribution in [0, 0.1) is 6.04 Å². The number of nitrogens with zero attached hydrogens (tertiary/aromatic N) is 2. The Morgan fingerprint density at radius 2 is 1.54 bits per heavy atom. The van der Waals surface area contributed by atoms with E-state index in [1.54, 1.807) is 0 Å². The first kappa shape index (κ1) is 8.42. The maximum Gasteiger partial charge on any atom is 0.109 e. The third-order valence-electron chi connectivity index (χ3n) is 2.24. The third-order valence-corrected chi connectivity index (χ3v) is 2.24. The lowest BCUT2D eigenvalue weighted by atomic mass is 10.3. The molecule has 67 valence electrons. The summed E-state index contributed by atoms with van der Waals surface area (Å²) in [6, 6.07) is 11.1. The van der Waals surface area contributed by atoms with Gasteiger partial charge in [-0.25, -0.2) is 0 Å². The zero-order valence-corrected chi connectivity index (χ0v) is 7.61. The largest absolute Gasteiger partial charge is 0.179 e. The Labute approximate surface area is 78.7 Å². The summed E-state index contributed by atoms with van der Waals surface area (Å²) in [5.41, 5.74) is 0.946. The molecule has 13 heavy (non-hydrogen) atoms. The normalized spacial score (nSPS) is 18.5. The zero-order valence-electron chi connectivity index (χ0n) is 7.61. The van der Waals surface area contributed by atoms with Gasteiger partial charge in [0.25, 0.3) is 0 Å². The zero-order chi connectivity index (χ0) is 8.93. The van der Waals surface area contributed by atoms with E-state index in [4.69, 9.17) is 0 Å². The van der Waals surface area contributed by atoms with Gasteiger partial charge in [-0.15, -0.1) is 0 Å². The topological polar surface area (TPSA) is 24.7 Å². The Hall–Kier alpha value is -1.18. The van der Waals surface area contributed by atoms with E-state index in [2.05, 4.69) is 10.2 Å². The molecule has 0 aliphatic heterocycles. The second kappa shape index (κ2) is 4.17. The lowest BCUT2D eigenvalue weighted by Crippen LogP contribution is -1.80. The van der Waals surface area contributed by atoms with E-state index in [1.165, 1.54) is 18.9 Å². The number of rotatable bonds is 2. The van der Waals surface area contributed by atoms with Gasteiger partial charge in [-0.2, -0.15) is 10.2 Å². The Balaban J connectivity index is 1.97. The molecular formula is C11H13N2. The third kappa shape index (κ3) is 2.38. The maximum absolute atomic E-state index is 4.24. The van der Waals surface area contributed by atoms with Crippen molar-refractivity contribution in [3.8, 4) is 0 Å². The van der Waals surface area contributed by atoms with Crippen LogP contribution in [-0.4, -0.2) is 0 Å². The summed E-state index contributed by atoms with van der Waals surface area (Å²) in [7, 11) is 0. The van der Waals surface area contributed by atoms with Crippen LogP contribution < -0.4 is 0 Å². The maximum atomic E-state index is 4.24. The minimum atomic E-state index is 0.946. The Bertz CT molecular complexity index is 273. The van der Waals surface area contributed by atoms with Gasteiger partial charge in [0.2, 0.25) is 0 Å². The molecule has 1 aliphatic rings. The van der Waals surface area contributed by atoms with Crippen molar-refractivity contribution >= 4 is 5.69 Å². The van der Waals surface area contributed by atoms with Crippen LogP contribution in [0.15, 0.2) is 40.6 Å². The average Bonchev–Trinajstić information content (AvgIpc) is 2.69. The molecule has 1 radical (unpaired) electrons. The quantitative estimate of drug-likeness (QED) is 0.606. The standard InChI is InChI=1S/C11H13N2/c1-2-6-10(7-3-1)12-13-11-8-4-5-9-11/h1-3,6-7H,4-5,8-9H2. The SMILES string of the molecule is c1ccc(N=N[C]2CCCC2)cc1. The van der Waals surface area contributed by atoms with Crippen LogP contribution in [0.25, 0.3) is 0 Å². The van der Waals surface area contributed by atoms with Crippen molar-refractivity contribution < 1.29 is 0 Å². The predicted octanol–water partition coefficient (Wildman–Crippen LogP) is 3.88. The molecule has 1 aliphatic carbocycles. The first-order valence-electron chi connectivity index (χ1n) is 4.77. The summed E-state index contributed by atoms with van der Waals surface area (Å²) in [6.07, 6.45) is 4.83. The number of hydrogen-bond acceptors (Lipinski definition) is 2. The summed E-state index contributed by atoms with van der Waals surface area (Å²) in [5, 5.41) is 8.41. The molecule has 1 saturated carbocycles. The van der Waals surface area contributed by atoms with Gasteiger partial charge >= 0.3 is 0 Å². The molecule has 1 fully saturated rings. The van der Waals surface area contributed by atoms with Crippen molar-refractivity contribution in [1.29, 1.82) is 0 Å². The van der Waals surface area contributed by atoms with E-state index in [1.807, 2.05) is 30.3 Å². The molecule has 0 saturated heterocycles. The molecule has 0 N–H and O–H groups in total. The fourth-order valence-corrected chi connectivity index (χ4v) is 1.51. The van der Waals surface area contributed by atoms with Gasteiger partial charge in [0.05, 0.1) is 5.69 Å². The van der Waals surface area contributed by atoms with Gasteiger partial charge < -0.3 is 0 Å². The fourth-order valence-electron chi connectivity index (χ4n) is 1.51. The highest BCUT2D eigenvalue weighted by Crippen LogP contribution is 2.29. The Kier molecular flexibility index (Phi) is 2.70. The van der Waals surface area contributed by atoms with Crippen molar-refractivity contribution in [3.05, 3.63) is 36.4 Å². The Morgan fingerprint density at radius 1 is 0.846 bits per heavy atom. The summed E-state index contributed by atoms with van der Waals surface area (Å²) < 4.78 is 0. The number of azo groups is 1. The molecule has 0 amide bonds. The van der Waals surface area contributed by atoms with E-state index >= 15 is 0 Å². The number of hydrogen-bond donors (Lipinski definition) is 0. The molecule has 0 heterocycles. The molecule has 0 atom stereocenters. The summed E-state index contributed by atoms with van der Waals surface area (Å²) >= 11 is 0. The fraction of sp³-hybridized carbons (Fsp3) is 0.364. The van der Waals surface area contributed by atoms with E-state index in [9.17, 15) is 0 Å². The molecule has 2 heteroatoms. The Morgan fingerprint density at radius 3 is 2.23 bits per heavy atom. The highest BCUT2D eigenvalue weighted by molar-refractivity contribution is 5.34. The van der Waals surface area contributed by atoms with Crippen LogP contribution in [0.5, 0.6) is 0 Å².